The van der Waals surface area contributed by atoms with Gasteiger partial charge in [-0.3, -0.25) is 4.79 Å². The molecule has 3 nitrogen and oxygen atoms in total. The molecule has 2 fully saturated rings. The summed E-state index contributed by atoms with van der Waals surface area (Å²) in [5, 5.41) is 0. The Morgan fingerprint density at radius 3 is 2.60 bits per heavy atom. The summed E-state index contributed by atoms with van der Waals surface area (Å²) in [6.07, 6.45) is 6.40. The molecule has 0 bridgehead atoms. The van der Waals surface area contributed by atoms with Gasteiger partial charge in [0.1, 0.15) is 0 Å². The van der Waals surface area contributed by atoms with Crippen LogP contribution in [0.2, 0.25) is 0 Å². The fraction of sp³-hybridized carbons (Fsp3) is 0.917. The molecule has 1 amide bonds. The largest absolute Gasteiger partial charge is 0.341 e. The third kappa shape index (κ3) is 2.17. The standard InChI is InChI=1S/C12H22N2O/c1-10-5-4-6-12(13,9-10)11(15)14-7-2-3-8-14/h10H,2-9,13H2,1H3. The van der Waals surface area contributed by atoms with Gasteiger partial charge < -0.3 is 10.6 Å². The number of carbonyl (C=O) groups excluding carboxylic acids is 1. The van der Waals surface area contributed by atoms with Crippen LogP contribution in [0.3, 0.4) is 0 Å². The molecule has 0 spiro atoms. The first-order chi connectivity index (χ1) is 7.12. The average molecular weight is 210 g/mol. The molecule has 2 unspecified atom stereocenters. The molecule has 0 aromatic heterocycles. The second-order valence-electron chi connectivity index (χ2n) is 5.36. The van der Waals surface area contributed by atoms with E-state index in [-0.39, 0.29) is 5.91 Å². The van der Waals surface area contributed by atoms with E-state index >= 15 is 0 Å². The lowest BCUT2D eigenvalue weighted by Gasteiger charge is -2.38. The third-order valence-electron chi connectivity index (χ3n) is 3.85. The minimum atomic E-state index is -0.540. The van der Waals surface area contributed by atoms with Crippen molar-refractivity contribution in [2.24, 2.45) is 11.7 Å². The first-order valence-electron chi connectivity index (χ1n) is 6.20. The van der Waals surface area contributed by atoms with Crippen molar-refractivity contribution >= 4 is 5.91 Å². The maximum Gasteiger partial charge on any atom is 0.242 e. The predicted octanol–water partition coefficient (Wildman–Crippen LogP) is 1.52. The van der Waals surface area contributed by atoms with Gasteiger partial charge in [0.05, 0.1) is 5.54 Å². The van der Waals surface area contributed by atoms with Gasteiger partial charge in [0, 0.05) is 13.1 Å². The van der Waals surface area contributed by atoms with Crippen molar-refractivity contribution < 1.29 is 4.79 Å². The quantitative estimate of drug-likeness (QED) is 0.713. The Morgan fingerprint density at radius 2 is 2.00 bits per heavy atom. The molecule has 2 N–H and O–H groups in total. The summed E-state index contributed by atoms with van der Waals surface area (Å²) in [6.45, 7) is 4.05. The molecule has 0 radical (unpaired) electrons. The molecule has 0 aromatic rings. The van der Waals surface area contributed by atoms with Crippen molar-refractivity contribution in [2.45, 2.75) is 51.0 Å². The van der Waals surface area contributed by atoms with E-state index in [9.17, 15) is 4.79 Å². The Hall–Kier alpha value is -0.570. The van der Waals surface area contributed by atoms with Crippen molar-refractivity contribution in [3.8, 4) is 0 Å². The summed E-state index contributed by atoms with van der Waals surface area (Å²) in [5.74, 6) is 0.821. The van der Waals surface area contributed by atoms with Crippen LogP contribution < -0.4 is 5.73 Å². The van der Waals surface area contributed by atoms with E-state index in [4.69, 9.17) is 5.73 Å². The summed E-state index contributed by atoms with van der Waals surface area (Å²) >= 11 is 0. The van der Waals surface area contributed by atoms with E-state index in [0.717, 1.165) is 45.2 Å². The molecule has 1 saturated heterocycles. The number of hydrogen-bond acceptors (Lipinski definition) is 2. The first kappa shape index (κ1) is 10.9. The summed E-state index contributed by atoms with van der Waals surface area (Å²) in [5.41, 5.74) is 5.74. The van der Waals surface area contributed by atoms with Gasteiger partial charge in [-0.1, -0.05) is 19.8 Å². The Balaban J connectivity index is 2.03. The lowest BCUT2D eigenvalue weighted by atomic mass is 9.76. The Kier molecular flexibility index (Phi) is 3.01. The van der Waals surface area contributed by atoms with Gasteiger partial charge in [-0.2, -0.15) is 0 Å². The Labute approximate surface area is 92.0 Å². The van der Waals surface area contributed by atoms with E-state index in [1.807, 2.05) is 4.90 Å². The molecule has 15 heavy (non-hydrogen) atoms. The van der Waals surface area contributed by atoms with Crippen molar-refractivity contribution in [3.05, 3.63) is 0 Å². The van der Waals surface area contributed by atoms with Crippen molar-refractivity contribution in [1.82, 2.24) is 4.90 Å². The summed E-state index contributed by atoms with van der Waals surface area (Å²) in [4.78, 5) is 14.2. The van der Waals surface area contributed by atoms with Crippen molar-refractivity contribution in [2.75, 3.05) is 13.1 Å². The third-order valence-corrected chi connectivity index (χ3v) is 3.85. The number of hydrogen-bond donors (Lipinski definition) is 1. The number of amides is 1. The van der Waals surface area contributed by atoms with Crippen LogP contribution in [0.5, 0.6) is 0 Å². The molecule has 3 heteroatoms. The molecule has 0 aromatic carbocycles. The minimum absolute atomic E-state index is 0.214. The molecule has 1 heterocycles. The van der Waals surface area contributed by atoms with Gasteiger partial charge in [0.15, 0.2) is 0 Å². The van der Waals surface area contributed by atoms with E-state index in [0.29, 0.717) is 5.92 Å². The van der Waals surface area contributed by atoms with Gasteiger partial charge in [0.2, 0.25) is 5.91 Å². The van der Waals surface area contributed by atoms with Gasteiger partial charge in [-0.25, -0.2) is 0 Å². The molecule has 2 atom stereocenters. The van der Waals surface area contributed by atoms with Crippen molar-refractivity contribution in [1.29, 1.82) is 0 Å². The van der Waals surface area contributed by atoms with Crippen LogP contribution in [0.1, 0.15) is 45.4 Å². The molecular formula is C12H22N2O. The maximum atomic E-state index is 12.3. The zero-order valence-electron chi connectivity index (χ0n) is 9.67. The molecular weight excluding hydrogens is 188 g/mol. The molecule has 1 aliphatic carbocycles. The average Bonchev–Trinajstić information content (AvgIpc) is 2.68. The second kappa shape index (κ2) is 4.12. The van der Waals surface area contributed by atoms with Gasteiger partial charge in [-0.05, 0) is 31.6 Å². The van der Waals surface area contributed by atoms with Crippen LogP contribution in [0, 0.1) is 5.92 Å². The maximum absolute atomic E-state index is 12.3. The Bertz CT molecular complexity index is 248. The zero-order chi connectivity index (χ0) is 10.9. The minimum Gasteiger partial charge on any atom is -0.341 e. The summed E-state index contributed by atoms with van der Waals surface area (Å²) in [6, 6.07) is 0. The normalized spacial score (nSPS) is 36.9. The fourth-order valence-corrected chi connectivity index (χ4v) is 3.02. The predicted molar refractivity (Wildman–Crippen MR) is 60.4 cm³/mol. The van der Waals surface area contributed by atoms with Crippen LogP contribution in [0.25, 0.3) is 0 Å². The highest BCUT2D eigenvalue weighted by molar-refractivity contribution is 5.86. The van der Waals surface area contributed by atoms with Crippen LogP contribution in [0.4, 0.5) is 0 Å². The fourth-order valence-electron chi connectivity index (χ4n) is 3.02. The van der Waals surface area contributed by atoms with Crippen LogP contribution in [-0.4, -0.2) is 29.4 Å². The summed E-state index contributed by atoms with van der Waals surface area (Å²) in [7, 11) is 0. The molecule has 2 rings (SSSR count). The monoisotopic (exact) mass is 210 g/mol. The van der Waals surface area contributed by atoms with Crippen LogP contribution >= 0.6 is 0 Å². The topological polar surface area (TPSA) is 46.3 Å². The van der Waals surface area contributed by atoms with Crippen LogP contribution in [0.15, 0.2) is 0 Å². The highest BCUT2D eigenvalue weighted by Crippen LogP contribution is 2.32. The van der Waals surface area contributed by atoms with Gasteiger partial charge >= 0.3 is 0 Å². The number of rotatable bonds is 1. The van der Waals surface area contributed by atoms with Gasteiger partial charge in [0.25, 0.3) is 0 Å². The molecule has 1 saturated carbocycles. The van der Waals surface area contributed by atoms with E-state index in [1.165, 1.54) is 6.42 Å². The van der Waals surface area contributed by atoms with Crippen molar-refractivity contribution in [3.63, 3.8) is 0 Å². The van der Waals surface area contributed by atoms with E-state index in [1.54, 1.807) is 0 Å². The highest BCUT2D eigenvalue weighted by atomic mass is 16.2. The first-order valence-corrected chi connectivity index (χ1v) is 6.20. The number of likely N-dealkylation sites (tertiary alicyclic amines) is 1. The SMILES string of the molecule is CC1CCCC(N)(C(=O)N2CCCC2)C1. The van der Waals surface area contributed by atoms with Crippen LogP contribution in [-0.2, 0) is 4.79 Å². The molecule has 1 aliphatic heterocycles. The molecule has 86 valence electrons. The Morgan fingerprint density at radius 1 is 1.33 bits per heavy atom. The number of nitrogens with two attached hydrogens (primary N) is 1. The lowest BCUT2D eigenvalue weighted by Crippen LogP contribution is -2.56. The smallest absolute Gasteiger partial charge is 0.242 e. The van der Waals surface area contributed by atoms with E-state index < -0.39 is 5.54 Å². The molecule has 2 aliphatic rings. The lowest BCUT2D eigenvalue weighted by molar-refractivity contribution is -0.137. The highest BCUT2D eigenvalue weighted by Gasteiger charge is 2.40. The van der Waals surface area contributed by atoms with E-state index in [2.05, 4.69) is 6.92 Å². The summed E-state index contributed by atoms with van der Waals surface area (Å²) < 4.78 is 0. The zero-order valence-corrected chi connectivity index (χ0v) is 9.67. The number of carbonyl (C=O) groups is 1. The second-order valence-corrected chi connectivity index (χ2v) is 5.36. The number of nitrogens with zero attached hydrogens (tertiary/aromatic N) is 1. The van der Waals surface area contributed by atoms with Gasteiger partial charge in [-0.15, -0.1) is 0 Å².